The lowest BCUT2D eigenvalue weighted by Crippen LogP contribution is -2.19. The molecule has 2 aromatic rings. The second-order valence-electron chi connectivity index (χ2n) is 3.76. The molecule has 1 heterocycles. The fraction of sp³-hybridized carbons (Fsp3) is 0.154. The van der Waals surface area contributed by atoms with E-state index in [1.165, 1.54) is 11.3 Å². The number of carbonyl (C=O) groups is 1. The predicted molar refractivity (Wildman–Crippen MR) is 70.3 cm³/mol. The molecule has 1 N–H and O–H groups in total. The van der Waals surface area contributed by atoms with Gasteiger partial charge in [0.15, 0.2) is 11.0 Å². The van der Waals surface area contributed by atoms with Gasteiger partial charge in [-0.2, -0.15) is 5.26 Å². The number of benzene rings is 1. The Morgan fingerprint density at radius 1 is 1.44 bits per heavy atom. The molecule has 1 aromatic carbocycles. The van der Waals surface area contributed by atoms with Crippen LogP contribution in [0.3, 0.4) is 0 Å². The highest BCUT2D eigenvalue weighted by Gasteiger charge is 2.20. The molecule has 18 heavy (non-hydrogen) atoms. The number of carbonyl (C=O) groups excluding carboxylic acids is 1. The van der Waals surface area contributed by atoms with E-state index in [9.17, 15) is 4.79 Å². The van der Waals surface area contributed by atoms with E-state index in [0.717, 1.165) is 5.69 Å². The average Bonchev–Trinajstić information content (AvgIpc) is 2.77. The van der Waals surface area contributed by atoms with Crippen LogP contribution in [-0.4, -0.2) is 10.9 Å². The molecule has 0 spiro atoms. The number of aromatic nitrogens is 1. The van der Waals surface area contributed by atoms with Gasteiger partial charge in [-0.25, -0.2) is 4.98 Å². The molecule has 0 saturated carbocycles. The highest BCUT2D eigenvalue weighted by molar-refractivity contribution is 7.13. The number of anilines is 1. The van der Waals surface area contributed by atoms with Gasteiger partial charge in [-0.1, -0.05) is 30.3 Å². The molecule has 0 aliphatic heterocycles. The summed E-state index contributed by atoms with van der Waals surface area (Å²) in [6.45, 7) is 1.85. The summed E-state index contributed by atoms with van der Waals surface area (Å²) >= 11 is 1.35. The van der Waals surface area contributed by atoms with Gasteiger partial charge in [-0.15, -0.1) is 11.3 Å². The monoisotopic (exact) mass is 257 g/mol. The van der Waals surface area contributed by atoms with Gasteiger partial charge in [0, 0.05) is 5.38 Å². The first-order valence-corrected chi connectivity index (χ1v) is 6.26. The maximum atomic E-state index is 12.0. The maximum Gasteiger partial charge on any atom is 0.248 e. The molecule has 1 aromatic heterocycles. The number of aryl methyl sites for hydroxylation is 1. The van der Waals surface area contributed by atoms with Crippen molar-refractivity contribution in [2.24, 2.45) is 0 Å². The predicted octanol–water partition coefficient (Wildman–Crippen LogP) is 2.70. The quantitative estimate of drug-likeness (QED) is 0.919. The normalized spacial score (nSPS) is 11.6. The van der Waals surface area contributed by atoms with Crippen molar-refractivity contribution in [1.82, 2.24) is 4.98 Å². The Morgan fingerprint density at radius 3 is 2.72 bits per heavy atom. The third kappa shape index (κ3) is 2.73. The Bertz CT molecular complexity index is 586. The largest absolute Gasteiger partial charge is 0.301 e. The third-order valence-electron chi connectivity index (χ3n) is 2.37. The van der Waals surface area contributed by atoms with Gasteiger partial charge < -0.3 is 5.32 Å². The Hall–Kier alpha value is -2.19. The van der Waals surface area contributed by atoms with Crippen molar-refractivity contribution in [2.45, 2.75) is 12.8 Å². The number of rotatable bonds is 3. The van der Waals surface area contributed by atoms with Gasteiger partial charge in [0.2, 0.25) is 5.91 Å². The van der Waals surface area contributed by atoms with Gasteiger partial charge >= 0.3 is 0 Å². The lowest BCUT2D eigenvalue weighted by Gasteiger charge is -2.08. The van der Waals surface area contributed by atoms with Crippen LogP contribution in [0.1, 0.15) is 17.2 Å². The van der Waals surface area contributed by atoms with Crippen LogP contribution in [0.2, 0.25) is 0 Å². The summed E-state index contributed by atoms with van der Waals surface area (Å²) in [4.78, 5) is 16.1. The molecule has 0 aliphatic rings. The van der Waals surface area contributed by atoms with E-state index in [1.54, 1.807) is 24.3 Å². The first-order valence-electron chi connectivity index (χ1n) is 5.38. The molecule has 1 amide bonds. The number of thiazole rings is 1. The number of nitrogens with zero attached hydrogens (tertiary/aromatic N) is 2. The van der Waals surface area contributed by atoms with Gasteiger partial charge in [-0.05, 0) is 12.5 Å². The van der Waals surface area contributed by atoms with E-state index in [2.05, 4.69) is 10.3 Å². The summed E-state index contributed by atoms with van der Waals surface area (Å²) in [5.74, 6) is -1.16. The summed E-state index contributed by atoms with van der Waals surface area (Å²) in [5.41, 5.74) is 1.54. The SMILES string of the molecule is Cc1csc(NC(=O)C(C#N)c2ccccc2)n1. The van der Waals surface area contributed by atoms with E-state index >= 15 is 0 Å². The first-order chi connectivity index (χ1) is 8.70. The number of nitriles is 1. The third-order valence-corrected chi connectivity index (χ3v) is 3.25. The van der Waals surface area contributed by atoms with Crippen molar-refractivity contribution in [3.63, 3.8) is 0 Å². The van der Waals surface area contributed by atoms with E-state index < -0.39 is 5.92 Å². The molecular weight excluding hydrogens is 246 g/mol. The molecule has 2 rings (SSSR count). The second-order valence-corrected chi connectivity index (χ2v) is 4.61. The summed E-state index contributed by atoms with van der Waals surface area (Å²) in [5, 5.41) is 14.1. The smallest absolute Gasteiger partial charge is 0.248 e. The molecule has 0 saturated heterocycles. The zero-order chi connectivity index (χ0) is 13.0. The summed E-state index contributed by atoms with van der Waals surface area (Å²) < 4.78 is 0. The number of amides is 1. The Morgan fingerprint density at radius 2 is 2.17 bits per heavy atom. The zero-order valence-corrected chi connectivity index (χ0v) is 10.6. The van der Waals surface area contributed by atoms with Crippen molar-refractivity contribution in [1.29, 1.82) is 5.26 Å². The summed E-state index contributed by atoms with van der Waals surface area (Å²) in [6.07, 6.45) is 0. The lowest BCUT2D eigenvalue weighted by molar-refractivity contribution is -0.116. The minimum absolute atomic E-state index is 0.349. The molecule has 5 heteroatoms. The van der Waals surface area contributed by atoms with E-state index in [0.29, 0.717) is 10.7 Å². The highest BCUT2D eigenvalue weighted by atomic mass is 32.1. The molecule has 0 bridgehead atoms. The topological polar surface area (TPSA) is 65.8 Å². The van der Waals surface area contributed by atoms with Crippen LogP contribution in [0.5, 0.6) is 0 Å². The van der Waals surface area contributed by atoms with Crippen molar-refractivity contribution in [3.8, 4) is 6.07 Å². The number of nitrogens with one attached hydrogen (secondary N) is 1. The van der Waals surface area contributed by atoms with Crippen LogP contribution in [-0.2, 0) is 4.79 Å². The van der Waals surface area contributed by atoms with Gasteiger partial charge in [-0.3, -0.25) is 4.79 Å². The minimum Gasteiger partial charge on any atom is -0.301 e. The fourth-order valence-electron chi connectivity index (χ4n) is 1.52. The fourth-order valence-corrected chi connectivity index (χ4v) is 2.21. The van der Waals surface area contributed by atoms with E-state index in [1.807, 2.05) is 24.4 Å². The van der Waals surface area contributed by atoms with Crippen molar-refractivity contribution < 1.29 is 4.79 Å². The van der Waals surface area contributed by atoms with Crippen LogP contribution in [0.15, 0.2) is 35.7 Å². The van der Waals surface area contributed by atoms with Gasteiger partial charge in [0.1, 0.15) is 0 Å². The summed E-state index contributed by atoms with van der Waals surface area (Å²) in [7, 11) is 0. The van der Waals surface area contributed by atoms with Crippen molar-refractivity contribution in [3.05, 3.63) is 47.0 Å². The van der Waals surface area contributed by atoms with Gasteiger partial charge in [0.25, 0.3) is 0 Å². The Labute approximate surface area is 109 Å². The molecule has 90 valence electrons. The molecular formula is C13H11N3OS. The molecule has 0 fully saturated rings. The molecule has 0 aliphatic carbocycles. The van der Waals surface area contributed by atoms with Crippen LogP contribution in [0.4, 0.5) is 5.13 Å². The Kier molecular flexibility index (Phi) is 3.70. The van der Waals surface area contributed by atoms with Crippen LogP contribution in [0.25, 0.3) is 0 Å². The standard InChI is InChI=1S/C13H11N3OS/c1-9-8-18-13(15-9)16-12(17)11(7-14)10-5-3-2-4-6-10/h2-6,8,11H,1H3,(H,15,16,17). The number of hydrogen-bond donors (Lipinski definition) is 1. The van der Waals surface area contributed by atoms with E-state index in [4.69, 9.17) is 5.26 Å². The summed E-state index contributed by atoms with van der Waals surface area (Å²) in [6, 6.07) is 11.0. The first kappa shape index (κ1) is 12.3. The van der Waals surface area contributed by atoms with Crippen LogP contribution >= 0.6 is 11.3 Å². The van der Waals surface area contributed by atoms with Crippen LogP contribution < -0.4 is 5.32 Å². The molecule has 4 nitrogen and oxygen atoms in total. The molecule has 0 radical (unpaired) electrons. The molecule has 1 atom stereocenters. The minimum atomic E-state index is -0.810. The molecule has 1 unspecified atom stereocenters. The highest BCUT2D eigenvalue weighted by Crippen LogP contribution is 2.19. The zero-order valence-electron chi connectivity index (χ0n) is 9.75. The van der Waals surface area contributed by atoms with Crippen molar-refractivity contribution in [2.75, 3.05) is 5.32 Å². The van der Waals surface area contributed by atoms with Gasteiger partial charge in [0.05, 0.1) is 11.8 Å². The second kappa shape index (κ2) is 5.43. The Balaban J connectivity index is 2.15. The maximum absolute atomic E-state index is 12.0. The van der Waals surface area contributed by atoms with E-state index in [-0.39, 0.29) is 5.91 Å². The van der Waals surface area contributed by atoms with Crippen LogP contribution in [0, 0.1) is 18.3 Å². The average molecular weight is 257 g/mol. The number of hydrogen-bond acceptors (Lipinski definition) is 4. The lowest BCUT2D eigenvalue weighted by atomic mass is 10.0. The van der Waals surface area contributed by atoms with Crippen molar-refractivity contribution >= 4 is 22.4 Å².